The predicted octanol–water partition coefficient (Wildman–Crippen LogP) is 15.6. The zero-order valence-corrected chi connectivity index (χ0v) is 36.7. The number of rotatable bonds is 36. The van der Waals surface area contributed by atoms with Gasteiger partial charge in [0.2, 0.25) is 0 Å². The number of unbranched alkanes of at least 4 members (excludes halogenated alkanes) is 24. The Balaban J connectivity index is 1.43. The first-order valence-electron chi connectivity index (χ1n) is 23.7. The van der Waals surface area contributed by atoms with E-state index in [1.165, 1.54) is 165 Å². The van der Waals surface area contributed by atoms with Gasteiger partial charge in [0.25, 0.3) is 0 Å². The lowest BCUT2D eigenvalue weighted by molar-refractivity contribution is 0.251. The first-order valence-corrected chi connectivity index (χ1v) is 23.7. The number of allylic oxidation sites excluding steroid dienone is 4. The second-order valence-electron chi connectivity index (χ2n) is 16.2. The monoisotopic (exact) mass is 785 g/mol. The third kappa shape index (κ3) is 30.2. The molecule has 320 valence electrons. The molecular weight excluding hydrogens is 701 g/mol. The van der Waals surface area contributed by atoms with Gasteiger partial charge in [-0.3, -0.25) is 0 Å². The minimum absolute atomic E-state index is 0.148. The molecule has 2 rings (SSSR count). The standard InChI is InChI=1S/C51H84N4O2/c1-3-5-7-9-11-13-15-17-19-21-23-25-27-29-31-33-43-52-50(56)54-48-39-35-46(36-40-48)45-47-37-41-49(42-38-47)55-51(57)53-44-34-32-30-28-26-24-22-20-18-16-14-12-10-8-6-4-2/h17-20,35-42H,3-16,21-34,43-45H2,1-2H3,(H2,52,54,56)(H2,53,55,57). The number of urea groups is 2. The van der Waals surface area contributed by atoms with E-state index in [1.54, 1.807) is 0 Å². The number of nitrogens with one attached hydrogen (secondary N) is 4. The molecule has 0 saturated carbocycles. The molecule has 2 aromatic rings. The van der Waals surface area contributed by atoms with Crippen LogP contribution in [0.3, 0.4) is 0 Å². The van der Waals surface area contributed by atoms with Crippen molar-refractivity contribution >= 4 is 23.4 Å². The van der Waals surface area contributed by atoms with E-state index >= 15 is 0 Å². The number of benzene rings is 2. The molecule has 0 saturated heterocycles. The molecule has 0 atom stereocenters. The zero-order chi connectivity index (χ0) is 40.7. The summed E-state index contributed by atoms with van der Waals surface area (Å²) in [5.41, 5.74) is 3.92. The Morgan fingerprint density at radius 1 is 0.386 bits per heavy atom. The minimum Gasteiger partial charge on any atom is -0.338 e. The van der Waals surface area contributed by atoms with Crippen molar-refractivity contribution in [3.63, 3.8) is 0 Å². The third-order valence-corrected chi connectivity index (χ3v) is 10.8. The quantitative estimate of drug-likeness (QED) is 0.0410. The lowest BCUT2D eigenvalue weighted by Gasteiger charge is -2.10. The van der Waals surface area contributed by atoms with Crippen molar-refractivity contribution < 1.29 is 9.59 Å². The minimum atomic E-state index is -0.148. The zero-order valence-electron chi connectivity index (χ0n) is 36.7. The van der Waals surface area contributed by atoms with Gasteiger partial charge in [-0.25, -0.2) is 9.59 Å². The Morgan fingerprint density at radius 2 is 0.667 bits per heavy atom. The van der Waals surface area contributed by atoms with Gasteiger partial charge in [-0.2, -0.15) is 0 Å². The molecule has 0 spiro atoms. The molecule has 4 amide bonds. The van der Waals surface area contributed by atoms with Crippen molar-refractivity contribution in [2.24, 2.45) is 0 Å². The highest BCUT2D eigenvalue weighted by molar-refractivity contribution is 5.89. The molecule has 0 radical (unpaired) electrons. The van der Waals surface area contributed by atoms with Crippen LogP contribution in [0.25, 0.3) is 0 Å². The fourth-order valence-corrected chi connectivity index (χ4v) is 7.15. The molecule has 0 bridgehead atoms. The number of hydrogen-bond donors (Lipinski definition) is 4. The summed E-state index contributed by atoms with van der Waals surface area (Å²) in [7, 11) is 0. The van der Waals surface area contributed by atoms with Crippen LogP contribution in [-0.2, 0) is 6.42 Å². The Labute approximate surface area is 350 Å². The maximum Gasteiger partial charge on any atom is 0.319 e. The van der Waals surface area contributed by atoms with Crippen LogP contribution in [-0.4, -0.2) is 25.2 Å². The van der Waals surface area contributed by atoms with Gasteiger partial charge in [0, 0.05) is 24.5 Å². The molecular formula is C51H84N4O2. The third-order valence-electron chi connectivity index (χ3n) is 10.8. The van der Waals surface area contributed by atoms with Crippen LogP contribution in [0.15, 0.2) is 72.8 Å². The van der Waals surface area contributed by atoms with Crippen LogP contribution in [0.1, 0.15) is 205 Å². The van der Waals surface area contributed by atoms with Gasteiger partial charge in [0.05, 0.1) is 0 Å². The average molecular weight is 785 g/mol. The number of hydrogen-bond acceptors (Lipinski definition) is 2. The normalized spacial score (nSPS) is 11.4. The van der Waals surface area contributed by atoms with E-state index in [0.717, 1.165) is 43.5 Å². The molecule has 0 aromatic heterocycles. The molecule has 0 heterocycles. The van der Waals surface area contributed by atoms with E-state index in [9.17, 15) is 9.59 Å². The fraction of sp³-hybridized carbons (Fsp3) is 0.647. The molecule has 4 N–H and O–H groups in total. The van der Waals surface area contributed by atoms with Gasteiger partial charge >= 0.3 is 12.1 Å². The van der Waals surface area contributed by atoms with Crippen LogP contribution in [0.5, 0.6) is 0 Å². The molecule has 57 heavy (non-hydrogen) atoms. The van der Waals surface area contributed by atoms with Crippen LogP contribution in [0, 0.1) is 0 Å². The first-order chi connectivity index (χ1) is 28.1. The first kappa shape index (κ1) is 49.6. The molecule has 6 nitrogen and oxygen atoms in total. The molecule has 2 aromatic carbocycles. The maximum atomic E-state index is 12.4. The van der Waals surface area contributed by atoms with E-state index in [2.05, 4.69) is 83.7 Å². The molecule has 0 fully saturated rings. The van der Waals surface area contributed by atoms with Crippen LogP contribution < -0.4 is 21.3 Å². The van der Waals surface area contributed by atoms with Gasteiger partial charge in [-0.15, -0.1) is 0 Å². The Kier molecular flexibility index (Phi) is 32.0. The molecule has 6 heteroatoms. The van der Waals surface area contributed by atoms with Gasteiger partial charge in [-0.1, -0.05) is 178 Å². The predicted molar refractivity (Wildman–Crippen MR) is 249 cm³/mol. The van der Waals surface area contributed by atoms with Crippen LogP contribution >= 0.6 is 0 Å². The van der Waals surface area contributed by atoms with Crippen molar-refractivity contribution in [1.82, 2.24) is 10.6 Å². The molecule has 0 aliphatic heterocycles. The summed E-state index contributed by atoms with van der Waals surface area (Å²) in [6, 6.07) is 15.7. The van der Waals surface area contributed by atoms with E-state index in [0.29, 0.717) is 13.1 Å². The second-order valence-corrected chi connectivity index (χ2v) is 16.2. The summed E-state index contributed by atoms with van der Waals surface area (Å²) in [6.07, 6.45) is 46.2. The molecule has 0 aliphatic carbocycles. The number of anilines is 2. The summed E-state index contributed by atoms with van der Waals surface area (Å²) in [5.74, 6) is 0. The van der Waals surface area contributed by atoms with E-state index in [-0.39, 0.29) is 12.1 Å². The van der Waals surface area contributed by atoms with E-state index in [4.69, 9.17) is 0 Å². The topological polar surface area (TPSA) is 82.3 Å². The van der Waals surface area contributed by atoms with Crippen molar-refractivity contribution in [3.05, 3.63) is 84.0 Å². The highest BCUT2D eigenvalue weighted by atomic mass is 16.2. The van der Waals surface area contributed by atoms with E-state index in [1.807, 2.05) is 24.3 Å². The number of carbonyl (C=O) groups is 2. The smallest absolute Gasteiger partial charge is 0.319 e. The van der Waals surface area contributed by atoms with Crippen LogP contribution in [0.2, 0.25) is 0 Å². The number of carbonyl (C=O) groups excluding carboxylic acids is 2. The maximum absolute atomic E-state index is 12.4. The molecule has 0 unspecified atom stereocenters. The average Bonchev–Trinajstić information content (AvgIpc) is 3.21. The highest BCUT2D eigenvalue weighted by Gasteiger charge is 2.05. The SMILES string of the molecule is CCCCCCCCC=CCCCCCCCCNC(=O)Nc1ccc(Cc2ccc(NC(=O)NCCCCCCCCC=CCCCCCCCC)cc2)cc1. The summed E-state index contributed by atoms with van der Waals surface area (Å²) in [6.45, 7) is 5.95. The Bertz CT molecular complexity index is 1190. The lowest BCUT2D eigenvalue weighted by Crippen LogP contribution is -2.29. The van der Waals surface area contributed by atoms with Gasteiger partial charge in [-0.05, 0) is 106 Å². The lowest BCUT2D eigenvalue weighted by atomic mass is 10.0. The fourth-order valence-electron chi connectivity index (χ4n) is 7.15. The summed E-state index contributed by atoms with van der Waals surface area (Å²) in [4.78, 5) is 24.8. The largest absolute Gasteiger partial charge is 0.338 e. The van der Waals surface area contributed by atoms with Crippen molar-refractivity contribution in [2.75, 3.05) is 23.7 Å². The van der Waals surface area contributed by atoms with Gasteiger partial charge in [0.1, 0.15) is 0 Å². The Hall–Kier alpha value is -3.54. The molecule has 0 aliphatic rings. The van der Waals surface area contributed by atoms with Gasteiger partial charge < -0.3 is 21.3 Å². The Morgan fingerprint density at radius 3 is 0.982 bits per heavy atom. The number of amides is 4. The summed E-state index contributed by atoms with van der Waals surface area (Å²) < 4.78 is 0. The van der Waals surface area contributed by atoms with Gasteiger partial charge in [0.15, 0.2) is 0 Å². The van der Waals surface area contributed by atoms with Crippen molar-refractivity contribution in [2.45, 2.75) is 200 Å². The van der Waals surface area contributed by atoms with E-state index < -0.39 is 0 Å². The van der Waals surface area contributed by atoms with Crippen molar-refractivity contribution in [3.8, 4) is 0 Å². The van der Waals surface area contributed by atoms with Crippen molar-refractivity contribution in [1.29, 1.82) is 0 Å². The highest BCUT2D eigenvalue weighted by Crippen LogP contribution is 2.17. The second kappa shape index (κ2) is 36.8. The summed E-state index contributed by atoms with van der Waals surface area (Å²) >= 11 is 0. The summed E-state index contributed by atoms with van der Waals surface area (Å²) in [5, 5.41) is 11.9. The van der Waals surface area contributed by atoms with Crippen LogP contribution in [0.4, 0.5) is 21.0 Å².